The van der Waals surface area contributed by atoms with Gasteiger partial charge in [0.25, 0.3) is 10.1 Å². The number of rotatable bonds is 4. The van der Waals surface area contributed by atoms with Gasteiger partial charge < -0.3 is 10.8 Å². The van der Waals surface area contributed by atoms with E-state index in [-0.39, 0.29) is 21.5 Å². The Balaban J connectivity index is 0.000000190. The molecule has 0 spiro atoms. The molecule has 5 aromatic carbocycles. The number of nitrogen functional groups attached to an aromatic ring is 1. The van der Waals surface area contributed by atoms with E-state index >= 15 is 0 Å². The van der Waals surface area contributed by atoms with Crippen LogP contribution in [0.15, 0.2) is 163 Å². The number of carbonyl (C=O) groups excluding carboxylic acids is 1. The van der Waals surface area contributed by atoms with E-state index in [0.29, 0.717) is 25.3 Å². The van der Waals surface area contributed by atoms with E-state index < -0.39 is 10.1 Å². The molecule has 6 aromatic rings. The van der Waals surface area contributed by atoms with Gasteiger partial charge in [-0.2, -0.15) is 8.42 Å². The Bertz CT molecular complexity index is 2690. The SMILES string of the molecule is CC1(C)Cc2ccccc2C(C(C=O)=CO)=N1.CC1(C)Cc2ccccc2C(c2cnc3cc(Br)ccc3c2)=N1.Cc1ccc(S(=O)(=O)O)cc1.I[I-]I.Nc1cccc(Br)c1. The van der Waals surface area contributed by atoms with Crippen LogP contribution >= 0.6 is 69.1 Å². The van der Waals surface area contributed by atoms with E-state index in [1.807, 2.05) is 87.6 Å². The van der Waals surface area contributed by atoms with E-state index in [9.17, 15) is 13.2 Å². The predicted molar refractivity (Wildman–Crippen MR) is 274 cm³/mol. The summed E-state index contributed by atoms with van der Waals surface area (Å²) in [7, 11) is -4.02. The van der Waals surface area contributed by atoms with Crippen molar-refractivity contribution in [2.24, 2.45) is 9.98 Å². The van der Waals surface area contributed by atoms with Gasteiger partial charge >= 0.3 is 50.5 Å². The molecule has 9 nitrogen and oxygen atoms in total. The average molecular weight is 1320 g/mol. The maximum absolute atomic E-state index is 10.9. The molecule has 2 aliphatic heterocycles. The maximum atomic E-state index is 10.9. The second-order valence-corrected chi connectivity index (χ2v) is 34.9. The zero-order valence-corrected chi connectivity index (χ0v) is 45.0. The van der Waals surface area contributed by atoms with Gasteiger partial charge in [-0.3, -0.25) is 24.3 Å². The topological polar surface area (TPSA) is 155 Å². The molecule has 0 saturated heterocycles. The quantitative estimate of drug-likeness (QED) is 0.0397. The summed E-state index contributed by atoms with van der Waals surface area (Å²) in [5.74, 6) is 0. The van der Waals surface area contributed by atoms with Crippen LogP contribution in [0.25, 0.3) is 10.9 Å². The van der Waals surface area contributed by atoms with Gasteiger partial charge in [-0.1, -0.05) is 110 Å². The van der Waals surface area contributed by atoms with Crippen molar-refractivity contribution in [2.75, 3.05) is 5.73 Å². The van der Waals surface area contributed by atoms with Crippen LogP contribution in [0, 0.1) is 6.92 Å². The Hall–Kier alpha value is -3.08. The molecule has 0 saturated carbocycles. The second kappa shape index (κ2) is 23.7. The van der Waals surface area contributed by atoms with Crippen LogP contribution in [0.4, 0.5) is 5.69 Å². The molecule has 1 aromatic heterocycles. The van der Waals surface area contributed by atoms with E-state index in [1.54, 1.807) is 12.1 Å². The zero-order chi connectivity index (χ0) is 45.7. The second-order valence-electron chi connectivity index (χ2n) is 15.4. The van der Waals surface area contributed by atoms with Gasteiger partial charge in [-0.05, 0) is 107 Å². The van der Waals surface area contributed by atoms with Gasteiger partial charge in [0.1, 0.15) is 0 Å². The third-order valence-corrected chi connectivity index (χ3v) is 11.1. The summed E-state index contributed by atoms with van der Waals surface area (Å²) in [5.41, 5.74) is 15.4. The molecule has 326 valence electrons. The number of pyridine rings is 1. The van der Waals surface area contributed by atoms with Crippen molar-refractivity contribution in [3.63, 3.8) is 0 Å². The monoisotopic (exact) mass is 1320 g/mol. The Morgan fingerprint density at radius 1 is 0.774 bits per heavy atom. The number of carbonyl (C=O) groups is 1. The molecule has 8 rings (SSSR count). The summed E-state index contributed by atoms with van der Waals surface area (Å²) in [6.45, 7) is 10.3. The third kappa shape index (κ3) is 15.6. The molecule has 0 fully saturated rings. The first-order valence-electron chi connectivity index (χ1n) is 18.9. The van der Waals surface area contributed by atoms with Gasteiger partial charge in [-0.15, -0.1) is 0 Å². The average Bonchev–Trinajstić information content (AvgIpc) is 3.21. The Labute approximate surface area is 410 Å². The molecule has 62 heavy (non-hydrogen) atoms. The van der Waals surface area contributed by atoms with Gasteiger partial charge in [0.15, 0.2) is 6.29 Å². The maximum Gasteiger partial charge on any atom is 0.0325 e. The minimum absolute atomic E-state index is 0.0666. The smallest absolute Gasteiger partial charge is 0.0325 e. The van der Waals surface area contributed by atoms with Crippen molar-refractivity contribution in [3.05, 3.63) is 182 Å². The number of nitrogens with zero attached hydrogens (tertiary/aromatic N) is 3. The van der Waals surface area contributed by atoms with Crippen LogP contribution in [-0.4, -0.2) is 51.8 Å². The first kappa shape index (κ1) is 51.6. The van der Waals surface area contributed by atoms with Crippen LogP contribution in [0.3, 0.4) is 0 Å². The summed E-state index contributed by atoms with van der Waals surface area (Å²) in [5, 5.41) is 10.2. The van der Waals surface area contributed by atoms with Crippen molar-refractivity contribution in [1.29, 1.82) is 0 Å². The Morgan fingerprint density at radius 3 is 1.89 bits per heavy atom. The number of nitrogens with two attached hydrogens (primary N) is 1. The Morgan fingerprint density at radius 2 is 1.34 bits per heavy atom. The van der Waals surface area contributed by atoms with Crippen LogP contribution in [-0.2, 0) is 27.8 Å². The fraction of sp³-hybridized carbons (Fsp3) is 0.191. The molecule has 0 aliphatic carbocycles. The number of aliphatic hydroxyl groups excluding tert-OH is 1. The van der Waals surface area contributed by atoms with Gasteiger partial charge in [0.2, 0.25) is 0 Å². The minimum atomic E-state index is -4.02. The molecule has 0 amide bonds. The predicted octanol–water partition coefficient (Wildman–Crippen LogP) is 9.67. The number of aromatic nitrogens is 1. The van der Waals surface area contributed by atoms with Gasteiger partial charge in [0.05, 0.1) is 44.7 Å². The van der Waals surface area contributed by atoms with E-state index in [4.69, 9.17) is 20.4 Å². The van der Waals surface area contributed by atoms with E-state index in [2.05, 4.69) is 129 Å². The molecule has 4 N–H and O–H groups in total. The van der Waals surface area contributed by atoms with Crippen molar-refractivity contribution < 1.29 is 36.1 Å². The van der Waals surface area contributed by atoms with Crippen molar-refractivity contribution in [3.8, 4) is 0 Å². The van der Waals surface area contributed by atoms with Crippen LogP contribution in [0.2, 0.25) is 0 Å². The minimum Gasteiger partial charge on any atom is -0.399 e. The van der Waals surface area contributed by atoms with Crippen molar-refractivity contribution in [2.45, 2.75) is 63.4 Å². The number of hydrogen-bond acceptors (Lipinski definition) is 8. The molecule has 15 heteroatoms. The van der Waals surface area contributed by atoms with Crippen LogP contribution < -0.4 is 19.0 Å². The molecule has 0 bridgehead atoms. The molecule has 2 aliphatic rings. The molecular weight excluding hydrogens is 1270 g/mol. The van der Waals surface area contributed by atoms with Gasteiger partial charge in [0, 0.05) is 42.9 Å². The largest absolute Gasteiger partial charge is 0.399 e. The molecule has 0 radical (unpaired) electrons. The normalized spacial score (nSPS) is 14.5. The van der Waals surface area contributed by atoms with Crippen LogP contribution in [0.5, 0.6) is 0 Å². The molecule has 0 atom stereocenters. The standard InChI is InChI=1S/C20H17BrN2.C14H15NO2.C7H8O3S.C6H6BrN.I3/c1-20(2)11-14-5-3-4-6-17(14)19(23-20)15-9-13-7-8-16(21)10-18(13)22-12-15;1-14(2)7-10-5-3-4-6-12(10)13(15-14)11(8-16)9-17;1-6-2-4-7(5-3-6)11(8,9)10;7-5-2-1-3-6(8)4-5;1-3-2/h3-10,12H,11H2,1-2H3;3-6,8-9,16H,7H2,1-2H3;2-5H,1H3,(H,8,9,10);1-4H,8H2;/q;;;;-1. The number of aldehydes is 1. The molecule has 0 unspecified atom stereocenters. The van der Waals surface area contributed by atoms with E-state index in [1.165, 1.54) is 23.3 Å². The summed E-state index contributed by atoms with van der Waals surface area (Å²) in [4.78, 5) is 25.1. The summed E-state index contributed by atoms with van der Waals surface area (Å²) < 4.78 is 31.6. The first-order chi connectivity index (χ1) is 29.3. The Kier molecular flexibility index (Phi) is 19.7. The first-order valence-corrected chi connectivity index (χ1v) is 34.5. The van der Waals surface area contributed by atoms with E-state index in [0.717, 1.165) is 72.6 Å². The number of aliphatic imine (C=N–C) groups is 2. The number of hydrogen-bond donors (Lipinski definition) is 3. The fourth-order valence-electron chi connectivity index (χ4n) is 6.58. The summed E-state index contributed by atoms with van der Waals surface area (Å²) in [6.07, 6.45) is 5.21. The number of fused-ring (bicyclic) bond motifs is 3. The third-order valence-electron chi connectivity index (χ3n) is 9.25. The number of benzene rings is 5. The zero-order valence-electron chi connectivity index (χ0n) is 34.5. The van der Waals surface area contributed by atoms with Crippen molar-refractivity contribution >= 4 is 114 Å². The fourth-order valence-corrected chi connectivity index (χ4v) is 7.82. The summed E-state index contributed by atoms with van der Waals surface area (Å²) >= 11 is 12.1. The van der Waals surface area contributed by atoms with Crippen molar-refractivity contribution in [1.82, 2.24) is 4.98 Å². The molecular formula is C47H46Br2I3N4O5S-. The number of aryl methyl sites for hydroxylation is 1. The summed E-state index contributed by atoms with van der Waals surface area (Å²) in [6, 6.07) is 38.3. The number of allylic oxidation sites excluding steroid dienone is 1. The molecule has 3 heterocycles. The van der Waals surface area contributed by atoms with Gasteiger partial charge in [-0.25, -0.2) is 0 Å². The van der Waals surface area contributed by atoms with Crippen LogP contribution in [0.1, 0.15) is 61.1 Å². The number of aliphatic hydroxyl groups is 1. The number of anilines is 1. The number of halogens is 5.